The molecule has 2 rings (SSSR count). The molecule has 1 heterocycles. The van der Waals surface area contributed by atoms with Crippen LogP contribution in [0.1, 0.15) is 36.6 Å². The summed E-state index contributed by atoms with van der Waals surface area (Å²) in [6.07, 6.45) is 2.47. The fourth-order valence-corrected chi connectivity index (χ4v) is 2.27. The van der Waals surface area contributed by atoms with Gasteiger partial charge in [-0.05, 0) is 33.5 Å². The third kappa shape index (κ3) is 2.75. The predicted octanol–water partition coefficient (Wildman–Crippen LogP) is 3.90. The molecule has 0 atom stereocenters. The molecule has 0 unspecified atom stereocenters. The van der Waals surface area contributed by atoms with Gasteiger partial charge in [-0.15, -0.1) is 0 Å². The van der Waals surface area contributed by atoms with Crippen molar-refractivity contribution in [2.45, 2.75) is 26.2 Å². The number of aromatic nitrogens is 2. The quantitative estimate of drug-likeness (QED) is 0.930. The van der Waals surface area contributed by atoms with Gasteiger partial charge >= 0.3 is 0 Å². The zero-order chi connectivity index (χ0) is 13.1. The van der Waals surface area contributed by atoms with Gasteiger partial charge in [0.1, 0.15) is 10.4 Å². The van der Waals surface area contributed by atoms with Crippen LogP contribution in [-0.2, 0) is 6.42 Å². The highest BCUT2D eigenvalue weighted by atomic mass is 79.9. The van der Waals surface area contributed by atoms with Crippen molar-refractivity contribution in [3.05, 3.63) is 46.0 Å². The molecule has 1 aromatic carbocycles. The van der Waals surface area contributed by atoms with Gasteiger partial charge in [0, 0.05) is 12.0 Å². The molecule has 0 spiro atoms. The second-order valence-electron chi connectivity index (χ2n) is 4.57. The zero-order valence-electron chi connectivity index (χ0n) is 10.8. The van der Waals surface area contributed by atoms with E-state index in [2.05, 4.69) is 51.9 Å². The van der Waals surface area contributed by atoms with Crippen molar-refractivity contribution in [3.63, 3.8) is 0 Å². The lowest BCUT2D eigenvalue weighted by Crippen LogP contribution is -1.97. The van der Waals surface area contributed by atoms with Gasteiger partial charge < -0.3 is 9.72 Å². The van der Waals surface area contributed by atoms with Crippen molar-refractivity contribution < 1.29 is 4.74 Å². The lowest BCUT2D eigenvalue weighted by atomic mass is 9.98. The average Bonchev–Trinajstić information content (AvgIpc) is 2.75. The molecule has 18 heavy (non-hydrogen) atoms. The van der Waals surface area contributed by atoms with Gasteiger partial charge in [0.05, 0.1) is 19.1 Å². The Hall–Kier alpha value is -1.29. The first-order valence-corrected chi connectivity index (χ1v) is 6.75. The van der Waals surface area contributed by atoms with Crippen LogP contribution in [0.25, 0.3) is 0 Å². The fourth-order valence-electron chi connectivity index (χ4n) is 1.91. The molecule has 0 aliphatic rings. The van der Waals surface area contributed by atoms with E-state index in [9.17, 15) is 0 Å². The molecule has 1 aromatic heterocycles. The number of nitrogens with zero attached hydrogens (tertiary/aromatic N) is 1. The predicted molar refractivity (Wildman–Crippen MR) is 76.2 cm³/mol. The monoisotopic (exact) mass is 308 g/mol. The Labute approximate surface area is 116 Å². The second-order valence-corrected chi connectivity index (χ2v) is 5.33. The number of imidazole rings is 1. The van der Waals surface area contributed by atoms with Crippen molar-refractivity contribution in [1.82, 2.24) is 9.97 Å². The Morgan fingerprint density at radius 3 is 2.72 bits per heavy atom. The summed E-state index contributed by atoms with van der Waals surface area (Å²) in [5.41, 5.74) is 3.56. The van der Waals surface area contributed by atoms with Gasteiger partial charge in [0.2, 0.25) is 0 Å². The SMILES string of the molecule is COc1ccc(C(C)C)cc1Cc1[nH]cnc1Br. The minimum absolute atomic E-state index is 0.514. The Bertz CT molecular complexity index is 534. The number of hydrogen-bond acceptors (Lipinski definition) is 2. The maximum atomic E-state index is 5.42. The van der Waals surface area contributed by atoms with E-state index in [4.69, 9.17) is 4.74 Å². The van der Waals surface area contributed by atoms with Crippen LogP contribution in [0.2, 0.25) is 0 Å². The highest BCUT2D eigenvalue weighted by molar-refractivity contribution is 9.10. The summed E-state index contributed by atoms with van der Waals surface area (Å²) in [5, 5.41) is 0. The molecule has 0 radical (unpaired) electrons. The Kier molecular flexibility index (Phi) is 4.07. The molecule has 96 valence electrons. The third-order valence-corrected chi connectivity index (χ3v) is 3.69. The highest BCUT2D eigenvalue weighted by Gasteiger charge is 2.10. The number of aromatic amines is 1. The average molecular weight is 309 g/mol. The minimum Gasteiger partial charge on any atom is -0.496 e. The largest absolute Gasteiger partial charge is 0.496 e. The minimum atomic E-state index is 0.514. The van der Waals surface area contributed by atoms with Gasteiger partial charge in [0.15, 0.2) is 0 Å². The first-order valence-electron chi connectivity index (χ1n) is 5.96. The summed E-state index contributed by atoms with van der Waals surface area (Å²) in [5.74, 6) is 1.43. The number of methoxy groups -OCH3 is 1. The highest BCUT2D eigenvalue weighted by Crippen LogP contribution is 2.27. The molecule has 0 amide bonds. The molecule has 0 aliphatic heterocycles. The molecular weight excluding hydrogens is 292 g/mol. The Morgan fingerprint density at radius 2 is 2.17 bits per heavy atom. The number of hydrogen-bond donors (Lipinski definition) is 1. The first-order chi connectivity index (χ1) is 8.61. The number of rotatable bonds is 4. The van der Waals surface area contributed by atoms with Gasteiger partial charge in [0.25, 0.3) is 0 Å². The maximum absolute atomic E-state index is 5.42. The normalized spacial score (nSPS) is 10.9. The standard InChI is InChI=1S/C14H17BrN2O/c1-9(2)10-4-5-13(18-3)11(6-10)7-12-14(15)17-8-16-12/h4-6,8-9H,7H2,1-3H3,(H,16,17). The molecular formula is C14H17BrN2O. The van der Waals surface area contributed by atoms with E-state index in [1.165, 1.54) is 11.1 Å². The lowest BCUT2D eigenvalue weighted by Gasteiger charge is -2.12. The molecule has 0 bridgehead atoms. The van der Waals surface area contributed by atoms with Crippen molar-refractivity contribution in [2.75, 3.05) is 7.11 Å². The summed E-state index contributed by atoms with van der Waals surface area (Å²) in [6.45, 7) is 4.38. The van der Waals surface area contributed by atoms with Gasteiger partial charge in [-0.1, -0.05) is 26.0 Å². The number of halogens is 1. The van der Waals surface area contributed by atoms with Crippen LogP contribution in [0.15, 0.2) is 29.1 Å². The van der Waals surface area contributed by atoms with E-state index in [0.717, 1.165) is 22.5 Å². The smallest absolute Gasteiger partial charge is 0.127 e. The molecule has 0 saturated carbocycles. The van der Waals surface area contributed by atoms with Crippen molar-refractivity contribution >= 4 is 15.9 Å². The van der Waals surface area contributed by atoms with Crippen molar-refractivity contribution in [2.24, 2.45) is 0 Å². The molecule has 3 nitrogen and oxygen atoms in total. The van der Waals surface area contributed by atoms with E-state index >= 15 is 0 Å². The molecule has 0 saturated heterocycles. The van der Waals surface area contributed by atoms with Crippen LogP contribution in [0.4, 0.5) is 0 Å². The summed E-state index contributed by atoms with van der Waals surface area (Å²) in [7, 11) is 1.70. The lowest BCUT2D eigenvalue weighted by molar-refractivity contribution is 0.410. The molecule has 4 heteroatoms. The van der Waals surface area contributed by atoms with Crippen LogP contribution < -0.4 is 4.74 Å². The van der Waals surface area contributed by atoms with Crippen LogP contribution in [0, 0.1) is 0 Å². The summed E-state index contributed by atoms with van der Waals surface area (Å²) >= 11 is 3.43. The van der Waals surface area contributed by atoms with Gasteiger partial charge in [-0.2, -0.15) is 0 Å². The molecule has 1 N–H and O–H groups in total. The number of H-pyrrole nitrogens is 1. The van der Waals surface area contributed by atoms with E-state index in [0.29, 0.717) is 5.92 Å². The maximum Gasteiger partial charge on any atom is 0.127 e. The number of benzene rings is 1. The van der Waals surface area contributed by atoms with E-state index in [1.807, 2.05) is 6.07 Å². The Balaban J connectivity index is 2.35. The van der Waals surface area contributed by atoms with E-state index in [-0.39, 0.29) is 0 Å². The van der Waals surface area contributed by atoms with Crippen LogP contribution >= 0.6 is 15.9 Å². The summed E-state index contributed by atoms with van der Waals surface area (Å²) < 4.78 is 6.28. The first kappa shape index (κ1) is 13.1. The summed E-state index contributed by atoms with van der Waals surface area (Å²) in [4.78, 5) is 7.29. The van der Waals surface area contributed by atoms with Crippen LogP contribution in [0.5, 0.6) is 5.75 Å². The van der Waals surface area contributed by atoms with Crippen LogP contribution in [-0.4, -0.2) is 17.1 Å². The van der Waals surface area contributed by atoms with E-state index in [1.54, 1.807) is 13.4 Å². The molecule has 0 aliphatic carbocycles. The summed E-state index contributed by atoms with van der Waals surface area (Å²) in [6, 6.07) is 6.36. The van der Waals surface area contributed by atoms with Crippen molar-refractivity contribution in [3.8, 4) is 5.75 Å². The number of nitrogens with one attached hydrogen (secondary N) is 1. The van der Waals surface area contributed by atoms with Crippen molar-refractivity contribution in [1.29, 1.82) is 0 Å². The topological polar surface area (TPSA) is 37.9 Å². The van der Waals surface area contributed by atoms with E-state index < -0.39 is 0 Å². The van der Waals surface area contributed by atoms with Gasteiger partial charge in [-0.25, -0.2) is 4.98 Å². The van der Waals surface area contributed by atoms with Crippen LogP contribution in [0.3, 0.4) is 0 Å². The molecule has 2 aromatic rings. The fraction of sp³-hybridized carbons (Fsp3) is 0.357. The third-order valence-electron chi connectivity index (χ3n) is 3.00. The number of ether oxygens (including phenoxy) is 1. The second kappa shape index (κ2) is 5.57. The molecule has 0 fully saturated rings. The zero-order valence-corrected chi connectivity index (χ0v) is 12.4. The van der Waals surface area contributed by atoms with Gasteiger partial charge in [-0.3, -0.25) is 0 Å². The Morgan fingerprint density at radius 1 is 1.39 bits per heavy atom.